The highest BCUT2D eigenvalue weighted by Gasteiger charge is 2.13. The molecule has 28 heavy (non-hydrogen) atoms. The number of hydrogen-bond donors (Lipinski definition) is 0. The van der Waals surface area contributed by atoms with E-state index >= 15 is 0 Å². The molecule has 0 fully saturated rings. The first-order valence-corrected chi connectivity index (χ1v) is 9.05. The molecule has 5 aromatic rings. The van der Waals surface area contributed by atoms with E-state index in [2.05, 4.69) is 28.8 Å². The van der Waals surface area contributed by atoms with Crippen molar-refractivity contribution in [3.63, 3.8) is 0 Å². The molecule has 0 unspecified atom stereocenters. The van der Waals surface area contributed by atoms with Gasteiger partial charge in [-0.05, 0) is 42.0 Å². The van der Waals surface area contributed by atoms with Crippen LogP contribution < -0.4 is 0 Å². The van der Waals surface area contributed by atoms with Gasteiger partial charge in [-0.1, -0.05) is 54.6 Å². The number of benzene rings is 4. The fourth-order valence-corrected chi connectivity index (χ4v) is 3.83. The highest BCUT2D eigenvalue weighted by atomic mass is 19.1. The van der Waals surface area contributed by atoms with E-state index in [4.69, 9.17) is 5.26 Å². The zero-order chi connectivity index (χ0) is 19.1. The average Bonchev–Trinajstić information content (AvgIpc) is 3.08. The van der Waals surface area contributed by atoms with Crippen LogP contribution in [-0.4, -0.2) is 4.57 Å². The van der Waals surface area contributed by atoms with E-state index in [0.717, 1.165) is 22.3 Å². The van der Waals surface area contributed by atoms with Crippen molar-refractivity contribution < 1.29 is 4.39 Å². The summed E-state index contributed by atoms with van der Waals surface area (Å²) in [6.45, 7) is 0. The Morgan fingerprint density at radius 3 is 2.04 bits per heavy atom. The van der Waals surface area contributed by atoms with Crippen molar-refractivity contribution in [3.05, 3.63) is 102 Å². The largest absolute Gasteiger partial charge is 0.309 e. The fourth-order valence-electron chi connectivity index (χ4n) is 3.83. The van der Waals surface area contributed by atoms with Crippen LogP contribution in [0.1, 0.15) is 5.56 Å². The Labute approximate surface area is 161 Å². The molecule has 0 aliphatic heterocycles. The second kappa shape index (κ2) is 6.37. The van der Waals surface area contributed by atoms with Gasteiger partial charge in [0.25, 0.3) is 0 Å². The van der Waals surface area contributed by atoms with E-state index in [1.54, 1.807) is 12.1 Å². The lowest BCUT2D eigenvalue weighted by Crippen LogP contribution is -1.95. The van der Waals surface area contributed by atoms with Gasteiger partial charge >= 0.3 is 0 Å². The number of nitrogens with zero attached hydrogens (tertiary/aromatic N) is 2. The third-order valence-electron chi connectivity index (χ3n) is 5.09. The molecule has 0 aliphatic rings. The molecule has 0 amide bonds. The lowest BCUT2D eigenvalue weighted by Gasteiger charge is -2.11. The fraction of sp³-hybridized carbons (Fsp3) is 0. The summed E-state index contributed by atoms with van der Waals surface area (Å²) in [7, 11) is 0. The van der Waals surface area contributed by atoms with Gasteiger partial charge in [0.15, 0.2) is 0 Å². The summed E-state index contributed by atoms with van der Waals surface area (Å²) in [4.78, 5) is 0. The molecule has 3 heteroatoms. The minimum atomic E-state index is -0.390. The number of para-hydroxylation sites is 2. The molecule has 0 atom stereocenters. The van der Waals surface area contributed by atoms with E-state index < -0.39 is 5.82 Å². The zero-order valence-electron chi connectivity index (χ0n) is 14.9. The van der Waals surface area contributed by atoms with Crippen molar-refractivity contribution in [2.75, 3.05) is 0 Å². The third kappa shape index (κ3) is 2.47. The number of fused-ring (bicyclic) bond motifs is 3. The van der Waals surface area contributed by atoms with Gasteiger partial charge < -0.3 is 4.57 Å². The number of rotatable bonds is 2. The van der Waals surface area contributed by atoms with Crippen molar-refractivity contribution in [3.8, 4) is 22.9 Å². The van der Waals surface area contributed by atoms with Gasteiger partial charge in [-0.3, -0.25) is 0 Å². The SMILES string of the molecule is N#Cc1ccc(-c2cccc(-n3c4ccccc4c4ccccc43)c2)c(F)c1. The average molecular weight is 362 g/mol. The van der Waals surface area contributed by atoms with E-state index in [0.29, 0.717) is 11.1 Å². The Kier molecular flexibility index (Phi) is 3.70. The molecule has 1 heterocycles. The lowest BCUT2D eigenvalue weighted by atomic mass is 10.0. The van der Waals surface area contributed by atoms with Crippen LogP contribution >= 0.6 is 0 Å². The number of nitriles is 1. The van der Waals surface area contributed by atoms with Gasteiger partial charge in [-0.25, -0.2) is 4.39 Å². The molecule has 0 radical (unpaired) electrons. The number of aromatic nitrogens is 1. The molecule has 132 valence electrons. The third-order valence-corrected chi connectivity index (χ3v) is 5.09. The van der Waals surface area contributed by atoms with Crippen LogP contribution in [0.4, 0.5) is 4.39 Å². The Bertz CT molecular complexity index is 1340. The van der Waals surface area contributed by atoms with Crippen molar-refractivity contribution >= 4 is 21.8 Å². The second-order valence-electron chi connectivity index (χ2n) is 6.73. The van der Waals surface area contributed by atoms with Gasteiger partial charge in [-0.2, -0.15) is 5.26 Å². The van der Waals surface area contributed by atoms with Crippen LogP contribution in [0.5, 0.6) is 0 Å². The summed E-state index contributed by atoms with van der Waals surface area (Å²) in [5.74, 6) is -0.390. The topological polar surface area (TPSA) is 28.7 Å². The smallest absolute Gasteiger partial charge is 0.132 e. The molecular weight excluding hydrogens is 347 g/mol. The zero-order valence-corrected chi connectivity index (χ0v) is 14.9. The Morgan fingerprint density at radius 2 is 1.39 bits per heavy atom. The second-order valence-corrected chi connectivity index (χ2v) is 6.73. The maximum Gasteiger partial charge on any atom is 0.132 e. The summed E-state index contributed by atoms with van der Waals surface area (Å²) >= 11 is 0. The summed E-state index contributed by atoms with van der Waals surface area (Å²) in [5, 5.41) is 11.3. The van der Waals surface area contributed by atoms with Crippen LogP contribution in [0.15, 0.2) is 91.0 Å². The van der Waals surface area contributed by atoms with Gasteiger partial charge in [-0.15, -0.1) is 0 Å². The first-order chi connectivity index (χ1) is 13.8. The van der Waals surface area contributed by atoms with Crippen molar-refractivity contribution in [1.29, 1.82) is 5.26 Å². The predicted octanol–water partition coefficient (Wildman–Crippen LogP) is 6.46. The van der Waals surface area contributed by atoms with Crippen LogP contribution in [0, 0.1) is 17.1 Å². The van der Waals surface area contributed by atoms with E-state index in [-0.39, 0.29) is 0 Å². The molecule has 0 saturated carbocycles. The maximum absolute atomic E-state index is 14.5. The quantitative estimate of drug-likeness (QED) is 0.354. The highest BCUT2D eigenvalue weighted by molar-refractivity contribution is 6.09. The molecule has 0 N–H and O–H groups in total. The van der Waals surface area contributed by atoms with Crippen LogP contribution in [0.3, 0.4) is 0 Å². The summed E-state index contributed by atoms with van der Waals surface area (Å²) in [6.07, 6.45) is 0. The molecule has 0 aliphatic carbocycles. The summed E-state index contributed by atoms with van der Waals surface area (Å²) in [5.41, 5.74) is 4.78. The molecular formula is C25H15FN2. The molecule has 0 saturated heterocycles. The minimum absolute atomic E-state index is 0.319. The first-order valence-electron chi connectivity index (χ1n) is 9.05. The monoisotopic (exact) mass is 362 g/mol. The first kappa shape index (κ1) is 16.3. The lowest BCUT2D eigenvalue weighted by molar-refractivity contribution is 0.631. The molecule has 0 spiro atoms. The standard InChI is InChI=1S/C25H15FN2/c26-23-14-17(16-27)12-13-20(23)18-6-5-7-19(15-18)28-24-10-3-1-8-21(24)22-9-2-4-11-25(22)28/h1-15H. The Hall–Kier alpha value is -3.90. The molecule has 0 bridgehead atoms. The molecule has 5 rings (SSSR count). The number of halogens is 1. The minimum Gasteiger partial charge on any atom is -0.309 e. The molecule has 4 aromatic carbocycles. The van der Waals surface area contributed by atoms with E-state index in [1.165, 1.54) is 16.8 Å². The highest BCUT2D eigenvalue weighted by Crippen LogP contribution is 2.33. The Morgan fingerprint density at radius 1 is 0.714 bits per heavy atom. The van der Waals surface area contributed by atoms with Crippen molar-refractivity contribution in [2.24, 2.45) is 0 Å². The Balaban J connectivity index is 1.76. The molecule has 2 nitrogen and oxygen atoms in total. The summed E-state index contributed by atoms with van der Waals surface area (Å²) in [6, 6.07) is 31.0. The van der Waals surface area contributed by atoms with Gasteiger partial charge in [0, 0.05) is 22.0 Å². The van der Waals surface area contributed by atoms with Crippen LogP contribution in [0.2, 0.25) is 0 Å². The van der Waals surface area contributed by atoms with Gasteiger partial charge in [0.1, 0.15) is 5.82 Å². The molecule has 1 aromatic heterocycles. The van der Waals surface area contributed by atoms with E-state index in [9.17, 15) is 4.39 Å². The predicted molar refractivity (Wildman–Crippen MR) is 111 cm³/mol. The maximum atomic E-state index is 14.5. The number of hydrogen-bond acceptors (Lipinski definition) is 1. The van der Waals surface area contributed by atoms with Crippen LogP contribution in [0.25, 0.3) is 38.6 Å². The van der Waals surface area contributed by atoms with Crippen molar-refractivity contribution in [1.82, 2.24) is 4.57 Å². The summed E-state index contributed by atoms with van der Waals surface area (Å²) < 4.78 is 16.7. The van der Waals surface area contributed by atoms with Gasteiger partial charge in [0.05, 0.1) is 22.7 Å². The van der Waals surface area contributed by atoms with E-state index in [1.807, 2.05) is 54.6 Å². The van der Waals surface area contributed by atoms with Gasteiger partial charge in [0.2, 0.25) is 0 Å². The van der Waals surface area contributed by atoms with Crippen LogP contribution in [-0.2, 0) is 0 Å². The normalized spacial score (nSPS) is 11.0. The van der Waals surface area contributed by atoms with Crippen molar-refractivity contribution in [2.45, 2.75) is 0 Å².